The van der Waals surface area contributed by atoms with Crippen molar-refractivity contribution in [2.45, 2.75) is 46.5 Å². The second-order valence-corrected chi connectivity index (χ2v) is 6.97. The van der Waals surface area contributed by atoms with Crippen LogP contribution < -0.4 is 0 Å². The molecule has 3 rings (SSSR count). The molecule has 0 saturated heterocycles. The molecular formula is C19H26. The molecule has 3 aliphatic carbocycles. The van der Waals surface area contributed by atoms with Crippen molar-refractivity contribution in [1.82, 2.24) is 0 Å². The van der Waals surface area contributed by atoms with E-state index < -0.39 is 0 Å². The third-order valence-corrected chi connectivity index (χ3v) is 5.20. The highest BCUT2D eigenvalue weighted by Crippen LogP contribution is 2.45. The van der Waals surface area contributed by atoms with E-state index in [1.165, 1.54) is 30.4 Å². The lowest BCUT2D eigenvalue weighted by Gasteiger charge is -2.38. The topological polar surface area (TPSA) is 0 Å². The van der Waals surface area contributed by atoms with Crippen LogP contribution >= 0.6 is 0 Å². The van der Waals surface area contributed by atoms with Gasteiger partial charge in [0, 0.05) is 0 Å². The van der Waals surface area contributed by atoms with Gasteiger partial charge in [0.1, 0.15) is 0 Å². The van der Waals surface area contributed by atoms with Crippen LogP contribution in [-0.4, -0.2) is 0 Å². The van der Waals surface area contributed by atoms with Crippen molar-refractivity contribution in [2.24, 2.45) is 23.7 Å². The van der Waals surface area contributed by atoms with Crippen molar-refractivity contribution >= 4 is 0 Å². The Labute approximate surface area is 118 Å². The summed E-state index contributed by atoms with van der Waals surface area (Å²) in [4.78, 5) is 0. The number of fused-ring (bicyclic) bond motifs is 1. The molecule has 0 aliphatic heterocycles. The molecule has 0 aromatic carbocycles. The first-order chi connectivity index (χ1) is 9.15. The van der Waals surface area contributed by atoms with Crippen molar-refractivity contribution in [3.63, 3.8) is 0 Å². The lowest BCUT2D eigenvalue weighted by atomic mass is 9.67. The zero-order valence-electron chi connectivity index (χ0n) is 12.5. The SMILES string of the molecule is CC(C)[C@@H]1CC[C@@H](C)C[C@@H]1C1=CC2=CCC=CC2=C1. The molecule has 0 nitrogen and oxygen atoms in total. The normalized spacial score (nSPS) is 33.9. The van der Waals surface area contributed by atoms with Crippen molar-refractivity contribution < 1.29 is 0 Å². The minimum Gasteiger partial charge on any atom is -0.0801 e. The number of allylic oxidation sites excluding steroid dienone is 8. The first-order valence-corrected chi connectivity index (χ1v) is 7.95. The largest absolute Gasteiger partial charge is 0.0801 e. The van der Waals surface area contributed by atoms with Crippen LogP contribution in [0.3, 0.4) is 0 Å². The van der Waals surface area contributed by atoms with E-state index in [2.05, 4.69) is 51.2 Å². The minimum absolute atomic E-state index is 0.788. The van der Waals surface area contributed by atoms with Gasteiger partial charge in [-0.25, -0.2) is 0 Å². The number of rotatable bonds is 2. The Balaban J connectivity index is 1.87. The predicted octanol–water partition coefficient (Wildman–Crippen LogP) is 5.45. The predicted molar refractivity (Wildman–Crippen MR) is 82.8 cm³/mol. The van der Waals surface area contributed by atoms with E-state index in [-0.39, 0.29) is 0 Å². The van der Waals surface area contributed by atoms with E-state index in [4.69, 9.17) is 0 Å². The smallest absolute Gasteiger partial charge is 0.0128 e. The molecule has 3 aliphatic rings. The molecule has 0 bridgehead atoms. The van der Waals surface area contributed by atoms with Gasteiger partial charge >= 0.3 is 0 Å². The Bertz CT molecular complexity index is 470. The Morgan fingerprint density at radius 1 is 1.11 bits per heavy atom. The van der Waals surface area contributed by atoms with Gasteiger partial charge in [0.25, 0.3) is 0 Å². The molecule has 0 aromatic heterocycles. The molecule has 0 N–H and O–H groups in total. The summed E-state index contributed by atoms with van der Waals surface area (Å²) in [5.74, 6) is 3.37. The first-order valence-electron chi connectivity index (χ1n) is 7.95. The third kappa shape index (κ3) is 2.50. The van der Waals surface area contributed by atoms with Gasteiger partial charge < -0.3 is 0 Å². The average molecular weight is 254 g/mol. The fourth-order valence-corrected chi connectivity index (χ4v) is 4.08. The van der Waals surface area contributed by atoms with E-state index in [9.17, 15) is 0 Å². The summed E-state index contributed by atoms with van der Waals surface area (Å²) < 4.78 is 0. The quantitative estimate of drug-likeness (QED) is 0.615. The van der Waals surface area contributed by atoms with Gasteiger partial charge in [0.05, 0.1) is 0 Å². The molecule has 0 spiro atoms. The molecule has 19 heavy (non-hydrogen) atoms. The minimum atomic E-state index is 0.788. The Hall–Kier alpha value is -1.04. The number of hydrogen-bond acceptors (Lipinski definition) is 0. The van der Waals surface area contributed by atoms with Crippen molar-refractivity contribution in [1.29, 1.82) is 0 Å². The summed E-state index contributed by atoms with van der Waals surface area (Å²) >= 11 is 0. The van der Waals surface area contributed by atoms with Crippen LogP contribution in [0.15, 0.2) is 47.1 Å². The summed E-state index contributed by atoms with van der Waals surface area (Å²) in [6.45, 7) is 7.24. The maximum Gasteiger partial charge on any atom is -0.0128 e. The highest BCUT2D eigenvalue weighted by Gasteiger charge is 2.33. The molecule has 0 amide bonds. The third-order valence-electron chi connectivity index (χ3n) is 5.20. The second-order valence-electron chi connectivity index (χ2n) is 6.97. The van der Waals surface area contributed by atoms with Gasteiger partial charge in [-0.15, -0.1) is 0 Å². The number of hydrogen-bond donors (Lipinski definition) is 0. The van der Waals surface area contributed by atoms with Gasteiger partial charge in [0.15, 0.2) is 0 Å². The van der Waals surface area contributed by atoms with Crippen LogP contribution in [0.1, 0.15) is 46.5 Å². The fraction of sp³-hybridized carbons (Fsp3) is 0.579. The van der Waals surface area contributed by atoms with E-state index in [0.717, 1.165) is 30.1 Å². The molecule has 0 radical (unpaired) electrons. The van der Waals surface area contributed by atoms with Crippen LogP contribution in [0.25, 0.3) is 0 Å². The van der Waals surface area contributed by atoms with E-state index in [1.54, 1.807) is 5.57 Å². The Morgan fingerprint density at radius 2 is 1.95 bits per heavy atom. The molecule has 102 valence electrons. The van der Waals surface area contributed by atoms with Gasteiger partial charge in [-0.05, 0) is 59.7 Å². The van der Waals surface area contributed by atoms with Crippen LogP contribution in [0.5, 0.6) is 0 Å². The van der Waals surface area contributed by atoms with Crippen LogP contribution in [0.4, 0.5) is 0 Å². The molecular weight excluding hydrogens is 228 g/mol. The van der Waals surface area contributed by atoms with Gasteiger partial charge in [-0.2, -0.15) is 0 Å². The monoisotopic (exact) mass is 254 g/mol. The van der Waals surface area contributed by atoms with Gasteiger partial charge in [0.2, 0.25) is 0 Å². The molecule has 0 heterocycles. The zero-order chi connectivity index (χ0) is 13.4. The van der Waals surface area contributed by atoms with E-state index in [1.807, 2.05) is 0 Å². The Morgan fingerprint density at radius 3 is 2.68 bits per heavy atom. The van der Waals surface area contributed by atoms with Crippen LogP contribution in [0.2, 0.25) is 0 Å². The van der Waals surface area contributed by atoms with Crippen molar-refractivity contribution in [3.8, 4) is 0 Å². The fourth-order valence-electron chi connectivity index (χ4n) is 4.08. The Kier molecular flexibility index (Phi) is 3.52. The lowest BCUT2D eigenvalue weighted by Crippen LogP contribution is -2.28. The molecule has 0 heteroatoms. The van der Waals surface area contributed by atoms with E-state index in [0.29, 0.717) is 0 Å². The summed E-state index contributed by atoms with van der Waals surface area (Å²) in [6, 6.07) is 0. The summed E-state index contributed by atoms with van der Waals surface area (Å²) in [7, 11) is 0. The van der Waals surface area contributed by atoms with Crippen molar-refractivity contribution in [2.75, 3.05) is 0 Å². The standard InChI is InChI=1S/C19H26/c1-13(2)18-9-8-14(3)10-19(18)17-11-15-6-4-5-7-16(15)12-17/h4,6-7,11-14,18-19H,5,8-10H2,1-3H3/t14-,18+,19-/m1/s1. The zero-order valence-corrected chi connectivity index (χ0v) is 12.5. The van der Waals surface area contributed by atoms with E-state index >= 15 is 0 Å². The van der Waals surface area contributed by atoms with Gasteiger partial charge in [-0.1, -0.05) is 57.6 Å². The maximum atomic E-state index is 2.47. The molecule has 3 atom stereocenters. The molecule has 1 fully saturated rings. The summed E-state index contributed by atoms with van der Waals surface area (Å²) in [5, 5.41) is 0. The molecule has 1 saturated carbocycles. The highest BCUT2D eigenvalue weighted by atomic mass is 14.4. The summed E-state index contributed by atoms with van der Waals surface area (Å²) in [6.07, 6.45) is 17.2. The van der Waals surface area contributed by atoms with Gasteiger partial charge in [-0.3, -0.25) is 0 Å². The average Bonchev–Trinajstić information content (AvgIpc) is 2.81. The summed E-state index contributed by atoms with van der Waals surface area (Å²) in [5.41, 5.74) is 4.53. The van der Waals surface area contributed by atoms with Crippen molar-refractivity contribution in [3.05, 3.63) is 47.1 Å². The first kappa shape index (κ1) is 13.0. The second kappa shape index (κ2) is 5.15. The lowest BCUT2D eigenvalue weighted by molar-refractivity contribution is 0.173. The molecule has 0 unspecified atom stereocenters. The highest BCUT2D eigenvalue weighted by molar-refractivity contribution is 5.59. The maximum absolute atomic E-state index is 2.47. The van der Waals surface area contributed by atoms with Crippen LogP contribution in [0, 0.1) is 23.7 Å². The molecule has 0 aromatic rings. The van der Waals surface area contributed by atoms with Crippen LogP contribution in [-0.2, 0) is 0 Å².